The first kappa shape index (κ1) is 22.4. The minimum absolute atomic E-state index is 0. The number of hydrogen-bond donors (Lipinski definition) is 1. The van der Waals surface area contributed by atoms with Gasteiger partial charge in [0.15, 0.2) is 0 Å². The molecule has 2 nitrogen and oxygen atoms in total. The molecule has 2 aromatic carbocycles. The van der Waals surface area contributed by atoms with E-state index in [1.54, 1.807) is 0 Å². The van der Waals surface area contributed by atoms with Crippen LogP contribution in [0.15, 0.2) is 54.6 Å². The van der Waals surface area contributed by atoms with E-state index in [-0.39, 0.29) is 30.7 Å². The zero-order valence-corrected chi connectivity index (χ0v) is 20.9. The summed E-state index contributed by atoms with van der Waals surface area (Å²) in [6.07, 6.45) is 4.58. The first-order valence-electron chi connectivity index (χ1n) is 8.08. The average molecular weight is 558 g/mol. The molecule has 0 fully saturated rings. The predicted molar refractivity (Wildman–Crippen MR) is 95.7 cm³/mol. The normalized spacial score (nSPS) is 14.3. The molecule has 0 bridgehead atoms. The molecule has 1 amide bonds. The molecule has 1 atom stereocenters. The Balaban J connectivity index is 0.00000156. The fraction of sp³-hybridized carbons (Fsp3) is 0.211. The van der Waals surface area contributed by atoms with Gasteiger partial charge in [-0.1, -0.05) is 0 Å². The monoisotopic (exact) mass is 558 g/mol. The number of hydrogen-bond acceptors (Lipinski definition) is 1. The quantitative estimate of drug-likeness (QED) is 0.434. The summed E-state index contributed by atoms with van der Waals surface area (Å²) in [6.45, 7) is 6.83. The van der Waals surface area contributed by atoms with Crippen molar-refractivity contribution in [2.45, 2.75) is 23.7 Å². The van der Waals surface area contributed by atoms with Gasteiger partial charge in [-0.05, 0) is 0 Å². The van der Waals surface area contributed by atoms with Crippen molar-refractivity contribution in [1.29, 1.82) is 0 Å². The largest absolute Gasteiger partial charge is 1.00 e. The van der Waals surface area contributed by atoms with E-state index in [1.807, 2.05) is 31.2 Å². The number of allylic oxidation sites excluding steroid dienone is 1. The van der Waals surface area contributed by atoms with Crippen molar-refractivity contribution in [3.05, 3.63) is 76.9 Å². The van der Waals surface area contributed by atoms with Gasteiger partial charge in [0.2, 0.25) is 0 Å². The number of fused-ring (bicyclic) bond motifs is 1. The van der Waals surface area contributed by atoms with Gasteiger partial charge in [-0.25, -0.2) is 0 Å². The van der Waals surface area contributed by atoms with Crippen molar-refractivity contribution in [3.8, 4) is 0 Å². The summed E-state index contributed by atoms with van der Waals surface area (Å²) in [5.74, 6) is -0.725. The number of aryl methyl sites for hydroxylation is 1. The van der Waals surface area contributed by atoms with E-state index < -0.39 is 26.9 Å². The average Bonchev–Trinajstić information content (AvgIpc) is 2.96. The van der Waals surface area contributed by atoms with Crippen molar-refractivity contribution in [1.82, 2.24) is 3.30 Å². The number of halogens is 2. The fourth-order valence-corrected chi connectivity index (χ4v) is 23.7. The maximum atomic E-state index is 12.7. The third-order valence-corrected chi connectivity index (χ3v) is 29.1. The molecule has 1 aliphatic carbocycles. The van der Waals surface area contributed by atoms with Crippen LogP contribution in [0, 0.1) is 6.92 Å². The van der Waals surface area contributed by atoms with E-state index in [0.29, 0.717) is 3.67 Å². The third-order valence-electron chi connectivity index (χ3n) is 4.29. The number of rotatable bonds is 4. The van der Waals surface area contributed by atoms with Crippen LogP contribution in [0.1, 0.15) is 30.7 Å². The van der Waals surface area contributed by atoms with Crippen molar-refractivity contribution in [3.63, 3.8) is 0 Å². The maximum Gasteiger partial charge on any atom is -1.00 e. The second-order valence-electron chi connectivity index (χ2n) is 6.40. The summed E-state index contributed by atoms with van der Waals surface area (Å²) in [5.41, 5.74) is 4.70. The Morgan fingerprint density at radius 1 is 1.08 bits per heavy atom. The number of nitrogens with one attached hydrogen (secondary N) is 1. The van der Waals surface area contributed by atoms with E-state index in [1.165, 1.54) is 11.1 Å². The van der Waals surface area contributed by atoms with Gasteiger partial charge in [-0.2, -0.15) is 0 Å². The molecule has 0 aliphatic heterocycles. The van der Waals surface area contributed by atoms with Crippen LogP contribution >= 0.6 is 0 Å². The van der Waals surface area contributed by atoms with Gasteiger partial charge in [0.1, 0.15) is 0 Å². The summed E-state index contributed by atoms with van der Waals surface area (Å²) < 4.78 is 4.04. The molecule has 0 saturated carbocycles. The predicted octanol–water partition coefficient (Wildman–Crippen LogP) is -1.98. The molecule has 1 N–H and O–H groups in total. The molecule has 1 unspecified atom stereocenters. The van der Waals surface area contributed by atoms with Crippen molar-refractivity contribution < 1.29 is 50.5 Å². The number of carbonyl (C=O) groups is 1. The maximum absolute atomic E-state index is 12.7. The van der Waals surface area contributed by atoms with Crippen LogP contribution < -0.4 is 28.1 Å². The number of benzene rings is 2. The van der Waals surface area contributed by atoms with Crippen LogP contribution in [-0.4, -0.2) is 11.9 Å². The van der Waals surface area contributed by atoms with E-state index >= 15 is 0 Å². The summed E-state index contributed by atoms with van der Waals surface area (Å²) in [6, 6.07) is 16.5. The summed E-state index contributed by atoms with van der Waals surface area (Å²) in [5, 5.41) is 0. The molecule has 6 heteroatoms. The Bertz CT molecular complexity index is 767. The van der Waals surface area contributed by atoms with Crippen molar-refractivity contribution in [2.24, 2.45) is 0 Å². The third kappa shape index (κ3) is 5.16. The molecular weight excluding hydrogens is 536 g/mol. The Kier molecular flexibility index (Phi) is 8.82. The Morgan fingerprint density at radius 3 is 2.48 bits per heavy atom. The molecule has 0 saturated heterocycles. The molecule has 0 heterocycles. The summed E-state index contributed by atoms with van der Waals surface area (Å²) in [7, 11) is 0. The molecule has 2 aromatic rings. The molecule has 25 heavy (non-hydrogen) atoms. The van der Waals surface area contributed by atoms with Gasteiger partial charge < -0.3 is 24.8 Å². The molecule has 0 aromatic heterocycles. The SMILES string of the molecule is Cc1cccc(C(=O)[NH][Hf+2]([CH]2C=Cc3ccccc32)[SiH](C)C)c1.[Cl-].[Cl-]. The Morgan fingerprint density at radius 2 is 1.80 bits per heavy atom. The van der Waals surface area contributed by atoms with E-state index in [9.17, 15) is 4.79 Å². The summed E-state index contributed by atoms with van der Waals surface area (Å²) >= 11 is -2.25. The minimum Gasteiger partial charge on any atom is -1.00 e. The smallest absolute Gasteiger partial charge is 1.00 e. The first-order chi connectivity index (χ1) is 11.1. The van der Waals surface area contributed by atoms with E-state index in [2.05, 4.69) is 52.8 Å². The van der Waals surface area contributed by atoms with Gasteiger partial charge in [0.25, 0.3) is 0 Å². The van der Waals surface area contributed by atoms with Gasteiger partial charge in [-0.15, -0.1) is 0 Å². The Hall–Kier alpha value is -0.683. The van der Waals surface area contributed by atoms with E-state index in [0.717, 1.165) is 11.1 Å². The van der Waals surface area contributed by atoms with Crippen LogP contribution in [0.4, 0.5) is 0 Å². The second kappa shape index (κ2) is 9.86. The summed E-state index contributed by atoms with van der Waals surface area (Å²) in [4.78, 5) is 12.7. The van der Waals surface area contributed by atoms with E-state index in [4.69, 9.17) is 0 Å². The van der Waals surface area contributed by atoms with Gasteiger partial charge in [-0.3, -0.25) is 0 Å². The van der Waals surface area contributed by atoms with Gasteiger partial charge >= 0.3 is 148 Å². The zero-order chi connectivity index (χ0) is 16.4. The minimum atomic E-state index is -2.25. The molecule has 131 valence electrons. The van der Waals surface area contributed by atoms with Crippen molar-refractivity contribution in [2.75, 3.05) is 0 Å². The van der Waals surface area contributed by atoms with Gasteiger partial charge in [0.05, 0.1) is 0 Å². The second-order valence-corrected chi connectivity index (χ2v) is 32.7. The number of carbonyl (C=O) groups excluding carboxylic acids is 1. The van der Waals surface area contributed by atoms with Crippen LogP contribution in [0.2, 0.25) is 13.1 Å². The topological polar surface area (TPSA) is 29.1 Å². The zero-order valence-electron chi connectivity index (χ0n) is 14.6. The molecule has 0 radical (unpaired) electrons. The standard InChI is InChI=1S/C9H7.C8H9NO.C2H7Si.2ClH.Hf/c1-2-5-9-7-3-6-8(9)4-1;1-6-3-2-4-7(5-6)8(9)10;1-3-2;;;/h1-7H;2-5H,1H3,(H2,9,10);3H,1-2H3;2*1H;/q;;;;;+3/p-3. The van der Waals surface area contributed by atoms with Crippen LogP contribution in [0.5, 0.6) is 0 Å². The molecular formula is C19H22Cl2HfNOSi. The first-order valence-corrected chi connectivity index (χ1v) is 21.1. The Labute approximate surface area is 171 Å². The fourth-order valence-electron chi connectivity index (χ4n) is 3.09. The molecule has 0 spiro atoms. The molecule has 1 aliphatic rings. The van der Waals surface area contributed by atoms with Crippen LogP contribution in [0.3, 0.4) is 0 Å². The van der Waals surface area contributed by atoms with Crippen LogP contribution in [-0.2, 0) is 20.9 Å². The number of amides is 1. The van der Waals surface area contributed by atoms with Crippen molar-refractivity contribution >= 4 is 18.0 Å². The van der Waals surface area contributed by atoms with Crippen LogP contribution in [0.25, 0.3) is 6.08 Å². The molecule has 3 rings (SSSR count). The van der Waals surface area contributed by atoms with Gasteiger partial charge in [0, 0.05) is 0 Å².